The van der Waals surface area contributed by atoms with Crippen molar-refractivity contribution in [2.24, 2.45) is 5.92 Å². The lowest BCUT2D eigenvalue weighted by molar-refractivity contribution is -0.122. The second-order valence-electron chi connectivity index (χ2n) is 5.61. The maximum atomic E-state index is 11.8. The van der Waals surface area contributed by atoms with Gasteiger partial charge in [-0.15, -0.1) is 0 Å². The third-order valence-electron chi connectivity index (χ3n) is 4.05. The molecule has 2 unspecified atom stereocenters. The van der Waals surface area contributed by atoms with Crippen LogP contribution in [-0.4, -0.2) is 49.6 Å². The van der Waals surface area contributed by atoms with Crippen LogP contribution in [0.1, 0.15) is 32.6 Å². The van der Waals surface area contributed by atoms with Gasteiger partial charge in [0.05, 0.1) is 0 Å². The molecule has 1 saturated heterocycles. The maximum Gasteiger partial charge on any atom is 0.220 e. The number of carbonyl (C=O) groups excluding carboxylic acids is 1. The highest BCUT2D eigenvalue weighted by Gasteiger charge is 2.29. The Morgan fingerprint density at radius 1 is 1.47 bits per heavy atom. The molecule has 4 nitrogen and oxygen atoms in total. The summed E-state index contributed by atoms with van der Waals surface area (Å²) in [5.41, 5.74) is 0. The van der Waals surface area contributed by atoms with Crippen LogP contribution in [0.3, 0.4) is 0 Å². The second kappa shape index (κ2) is 5.83. The largest absolute Gasteiger partial charge is 0.355 e. The van der Waals surface area contributed by atoms with Gasteiger partial charge in [0, 0.05) is 25.0 Å². The third-order valence-corrected chi connectivity index (χ3v) is 4.05. The molecule has 2 fully saturated rings. The summed E-state index contributed by atoms with van der Waals surface area (Å²) in [5.74, 6) is 0.765. The number of hydrogen-bond donors (Lipinski definition) is 2. The van der Waals surface area contributed by atoms with Crippen LogP contribution < -0.4 is 10.6 Å². The van der Waals surface area contributed by atoms with E-state index in [1.165, 1.54) is 12.8 Å². The van der Waals surface area contributed by atoms with Crippen molar-refractivity contribution in [3.8, 4) is 0 Å². The van der Waals surface area contributed by atoms with Crippen molar-refractivity contribution in [3.63, 3.8) is 0 Å². The maximum absolute atomic E-state index is 11.8. The van der Waals surface area contributed by atoms with Gasteiger partial charge < -0.3 is 10.6 Å². The quantitative estimate of drug-likeness (QED) is 0.713. The van der Waals surface area contributed by atoms with E-state index >= 15 is 0 Å². The minimum Gasteiger partial charge on any atom is -0.355 e. The van der Waals surface area contributed by atoms with Gasteiger partial charge in [-0.1, -0.05) is 0 Å². The molecule has 0 bridgehead atoms. The summed E-state index contributed by atoms with van der Waals surface area (Å²) in [6.45, 7) is 5.05. The number of carbonyl (C=O) groups is 1. The van der Waals surface area contributed by atoms with Crippen LogP contribution in [-0.2, 0) is 4.79 Å². The zero-order valence-electron chi connectivity index (χ0n) is 11.0. The van der Waals surface area contributed by atoms with E-state index in [0.717, 1.165) is 32.1 Å². The third kappa shape index (κ3) is 3.96. The molecule has 2 atom stereocenters. The van der Waals surface area contributed by atoms with Gasteiger partial charge in [-0.3, -0.25) is 9.69 Å². The van der Waals surface area contributed by atoms with Crippen LogP contribution >= 0.6 is 0 Å². The van der Waals surface area contributed by atoms with Gasteiger partial charge in [-0.05, 0) is 52.2 Å². The molecule has 0 spiro atoms. The molecule has 1 saturated carbocycles. The Kier molecular flexibility index (Phi) is 4.40. The van der Waals surface area contributed by atoms with E-state index in [2.05, 4.69) is 29.5 Å². The molecule has 0 aromatic rings. The number of rotatable bonds is 6. The van der Waals surface area contributed by atoms with Gasteiger partial charge in [-0.2, -0.15) is 0 Å². The first-order valence-corrected chi connectivity index (χ1v) is 6.86. The Labute approximate surface area is 104 Å². The predicted octanol–water partition coefficient (Wildman–Crippen LogP) is 0.585. The van der Waals surface area contributed by atoms with Crippen LogP contribution in [0.2, 0.25) is 0 Å². The normalized spacial score (nSPS) is 26.2. The van der Waals surface area contributed by atoms with Crippen molar-refractivity contribution >= 4 is 5.91 Å². The fourth-order valence-electron chi connectivity index (χ4n) is 2.47. The fraction of sp³-hybridized carbons (Fsp3) is 0.923. The van der Waals surface area contributed by atoms with Gasteiger partial charge in [0.15, 0.2) is 0 Å². The molecule has 2 N–H and O–H groups in total. The topological polar surface area (TPSA) is 44.4 Å². The summed E-state index contributed by atoms with van der Waals surface area (Å²) in [5, 5.41) is 6.36. The minimum absolute atomic E-state index is 0.217. The Morgan fingerprint density at radius 3 is 2.82 bits per heavy atom. The number of likely N-dealkylation sites (N-methyl/N-ethyl adjacent to an activating group) is 1. The molecule has 0 aromatic heterocycles. The monoisotopic (exact) mass is 239 g/mol. The first kappa shape index (κ1) is 12.8. The number of hydrogen-bond acceptors (Lipinski definition) is 3. The summed E-state index contributed by atoms with van der Waals surface area (Å²) < 4.78 is 0. The molecule has 1 aliphatic heterocycles. The highest BCUT2D eigenvalue weighted by molar-refractivity contribution is 5.76. The lowest BCUT2D eigenvalue weighted by Gasteiger charge is -2.24. The molecule has 1 heterocycles. The Balaban J connectivity index is 1.61. The van der Waals surface area contributed by atoms with E-state index < -0.39 is 0 Å². The molecular weight excluding hydrogens is 214 g/mol. The first-order chi connectivity index (χ1) is 8.16. The van der Waals surface area contributed by atoms with E-state index in [9.17, 15) is 4.79 Å². The highest BCUT2D eigenvalue weighted by atomic mass is 16.1. The van der Waals surface area contributed by atoms with Crippen LogP contribution in [0.5, 0.6) is 0 Å². The minimum atomic E-state index is 0.217. The van der Waals surface area contributed by atoms with E-state index in [1.807, 2.05) is 0 Å². The molecule has 0 aromatic carbocycles. The molecule has 1 aliphatic carbocycles. The van der Waals surface area contributed by atoms with Crippen LogP contribution in [0.15, 0.2) is 0 Å². The molecule has 2 rings (SSSR count). The number of nitrogens with zero attached hydrogens (tertiary/aromatic N) is 1. The van der Waals surface area contributed by atoms with Crippen molar-refractivity contribution in [1.29, 1.82) is 0 Å². The highest BCUT2D eigenvalue weighted by Crippen LogP contribution is 2.26. The van der Waals surface area contributed by atoms with Crippen LogP contribution in [0.25, 0.3) is 0 Å². The Hall–Kier alpha value is -0.610. The van der Waals surface area contributed by atoms with Crippen molar-refractivity contribution < 1.29 is 4.79 Å². The Bertz CT molecular complexity index is 259. The van der Waals surface area contributed by atoms with Crippen molar-refractivity contribution in [2.75, 3.05) is 26.7 Å². The molecule has 0 radical (unpaired) electrons. The molecule has 98 valence electrons. The molecule has 17 heavy (non-hydrogen) atoms. The molecule has 1 amide bonds. The Morgan fingerprint density at radius 2 is 2.24 bits per heavy atom. The first-order valence-electron chi connectivity index (χ1n) is 6.86. The van der Waals surface area contributed by atoms with Gasteiger partial charge in [0.25, 0.3) is 0 Å². The zero-order valence-corrected chi connectivity index (χ0v) is 11.0. The van der Waals surface area contributed by atoms with Gasteiger partial charge >= 0.3 is 0 Å². The fourth-order valence-corrected chi connectivity index (χ4v) is 2.47. The standard InChI is InChI=1S/C13H25N3O/c1-10(16(2)12-3-4-12)8-15-13(17)7-11-5-6-14-9-11/h10-12,14H,3-9H2,1-2H3,(H,15,17). The second-order valence-corrected chi connectivity index (χ2v) is 5.61. The summed E-state index contributed by atoms with van der Waals surface area (Å²) in [4.78, 5) is 14.1. The van der Waals surface area contributed by atoms with E-state index in [4.69, 9.17) is 0 Å². The van der Waals surface area contributed by atoms with Crippen LogP contribution in [0.4, 0.5) is 0 Å². The average molecular weight is 239 g/mol. The predicted molar refractivity (Wildman–Crippen MR) is 68.9 cm³/mol. The SMILES string of the molecule is CC(CNC(=O)CC1CCNC1)N(C)C1CC1. The smallest absolute Gasteiger partial charge is 0.220 e. The summed E-state index contributed by atoms with van der Waals surface area (Å²) in [6.07, 6.45) is 4.48. The zero-order chi connectivity index (χ0) is 12.3. The van der Waals surface area contributed by atoms with Crippen molar-refractivity contribution in [3.05, 3.63) is 0 Å². The van der Waals surface area contributed by atoms with E-state index in [-0.39, 0.29) is 5.91 Å². The average Bonchev–Trinajstić information content (AvgIpc) is 3.05. The lowest BCUT2D eigenvalue weighted by Crippen LogP contribution is -2.41. The van der Waals surface area contributed by atoms with E-state index in [0.29, 0.717) is 18.4 Å². The number of amides is 1. The van der Waals surface area contributed by atoms with Gasteiger partial charge in [0.2, 0.25) is 5.91 Å². The summed E-state index contributed by atoms with van der Waals surface area (Å²) >= 11 is 0. The van der Waals surface area contributed by atoms with Gasteiger partial charge in [-0.25, -0.2) is 0 Å². The molecular formula is C13H25N3O. The molecule has 4 heteroatoms. The van der Waals surface area contributed by atoms with Crippen molar-refractivity contribution in [2.45, 2.75) is 44.7 Å². The molecule has 2 aliphatic rings. The number of nitrogens with one attached hydrogen (secondary N) is 2. The van der Waals surface area contributed by atoms with E-state index in [1.54, 1.807) is 0 Å². The van der Waals surface area contributed by atoms with Crippen molar-refractivity contribution in [1.82, 2.24) is 15.5 Å². The van der Waals surface area contributed by atoms with Gasteiger partial charge in [0.1, 0.15) is 0 Å². The summed E-state index contributed by atoms with van der Waals surface area (Å²) in [6, 6.07) is 1.22. The van der Waals surface area contributed by atoms with Crippen LogP contribution in [0, 0.1) is 5.92 Å². The lowest BCUT2D eigenvalue weighted by atomic mass is 10.0. The summed E-state index contributed by atoms with van der Waals surface area (Å²) in [7, 11) is 2.16.